The van der Waals surface area contributed by atoms with E-state index in [1.807, 2.05) is 6.92 Å². The van der Waals surface area contributed by atoms with Crippen LogP contribution in [0.15, 0.2) is 46.1 Å². The summed E-state index contributed by atoms with van der Waals surface area (Å²) >= 11 is 0. The average Bonchev–Trinajstić information content (AvgIpc) is 3.32. The van der Waals surface area contributed by atoms with Crippen LogP contribution >= 0.6 is 0 Å². The third kappa shape index (κ3) is 2.58. The van der Waals surface area contributed by atoms with E-state index in [-0.39, 0.29) is 11.8 Å². The topological polar surface area (TPSA) is 17.3 Å². The molecule has 0 unspecified atom stereocenters. The van der Waals surface area contributed by atoms with Gasteiger partial charge in [0.15, 0.2) is 0 Å². The van der Waals surface area contributed by atoms with Gasteiger partial charge in [0.2, 0.25) is 0 Å². The van der Waals surface area contributed by atoms with Gasteiger partial charge in [-0.15, -0.1) is 0 Å². The molecule has 7 aliphatic rings. The van der Waals surface area contributed by atoms with Crippen molar-refractivity contribution in [1.29, 1.82) is 0 Å². The van der Waals surface area contributed by atoms with Gasteiger partial charge in [-0.1, -0.05) is 37.6 Å². The molecule has 2 nitrogen and oxygen atoms in total. The Morgan fingerprint density at radius 1 is 0.935 bits per heavy atom. The molecule has 0 aromatic carbocycles. The molecule has 8 rings (SSSR count). The largest absolute Gasteiger partial charge is 0.677 e. The highest BCUT2D eigenvalue weighted by molar-refractivity contribution is 6.41. The molecule has 0 N–H and O–H groups in total. The van der Waals surface area contributed by atoms with Gasteiger partial charge in [-0.2, -0.15) is 0 Å². The van der Waals surface area contributed by atoms with Crippen molar-refractivity contribution in [1.82, 2.24) is 4.48 Å². The molecule has 0 amide bonds. The first-order chi connectivity index (χ1) is 15.0. The fourth-order valence-electron chi connectivity index (χ4n) is 7.03. The second-order valence-corrected chi connectivity index (χ2v) is 9.86. The van der Waals surface area contributed by atoms with Crippen molar-refractivity contribution in [2.75, 3.05) is 0 Å². The predicted molar refractivity (Wildman–Crippen MR) is 124 cm³/mol. The quantitative estimate of drug-likeness (QED) is 0.371. The number of halogens is 2. The molecule has 1 aliphatic heterocycles. The van der Waals surface area contributed by atoms with Gasteiger partial charge in [0, 0.05) is 46.3 Å². The molecule has 0 radical (unpaired) electrons. The van der Waals surface area contributed by atoms with Crippen molar-refractivity contribution in [2.24, 2.45) is 16.8 Å². The number of hydrogen-bond acceptors (Lipinski definition) is 1. The number of hydrogen-bond donors (Lipinski definition) is 0. The monoisotopic (exact) mass is 418 g/mol. The summed E-state index contributed by atoms with van der Waals surface area (Å²) in [5.74, 6) is 1.36. The predicted octanol–water partition coefficient (Wildman–Crippen LogP) is 6.98. The Kier molecular flexibility index (Phi) is 4.35. The van der Waals surface area contributed by atoms with Crippen molar-refractivity contribution >= 4 is 18.7 Å². The molecule has 160 valence electrons. The number of fused-ring (bicyclic) bond motifs is 2. The zero-order chi connectivity index (χ0) is 21.4. The maximum atomic E-state index is 14.6. The molecule has 1 aromatic rings. The lowest BCUT2D eigenvalue weighted by molar-refractivity contribution is 0.501. The molecule has 1 aromatic heterocycles. The van der Waals surface area contributed by atoms with Crippen LogP contribution in [0, 0.1) is 18.8 Å². The number of nitrogens with zero attached hydrogens (tertiary/aromatic N) is 2. The Balaban J connectivity index is 1.65. The highest BCUT2D eigenvalue weighted by atomic mass is 19.2. The summed E-state index contributed by atoms with van der Waals surface area (Å²) in [7, 11) is -2.53. The standard InChI is InChI=1S/C26H29BF2N2/c1-4-5-20(25-23-18-10-6-16(7-11-18)21(23)14(2)30-25)26-24-19-12-8-17(9-13-19)22(24)15(3)31(26)27(28)29/h6,8,10,12,16-19H,4-5,7,9,11,13H2,1-3H3/b25-20-/t16-,17-,18+,19+/m1/s1. The fourth-order valence-corrected chi connectivity index (χ4v) is 7.03. The fraction of sp³-hybridized carbons (Fsp3) is 0.500. The van der Waals surface area contributed by atoms with Gasteiger partial charge in [0.25, 0.3) is 0 Å². The highest BCUT2D eigenvalue weighted by Gasteiger charge is 2.43. The lowest BCUT2D eigenvalue weighted by Crippen LogP contribution is -2.24. The molecule has 4 atom stereocenters. The molecular formula is C26H29BF2N2. The van der Waals surface area contributed by atoms with E-state index in [1.165, 1.54) is 33.2 Å². The zero-order valence-electron chi connectivity index (χ0n) is 18.6. The van der Waals surface area contributed by atoms with Gasteiger partial charge in [0.1, 0.15) is 0 Å². The maximum Gasteiger partial charge on any atom is 0.677 e. The first kappa shape index (κ1) is 19.5. The van der Waals surface area contributed by atoms with Crippen molar-refractivity contribution in [3.05, 3.63) is 63.7 Å². The van der Waals surface area contributed by atoms with Gasteiger partial charge in [0.05, 0.1) is 5.70 Å². The molecule has 31 heavy (non-hydrogen) atoms. The Morgan fingerprint density at radius 2 is 1.52 bits per heavy atom. The van der Waals surface area contributed by atoms with Crippen LogP contribution in [0.5, 0.6) is 0 Å². The summed E-state index contributed by atoms with van der Waals surface area (Å²) < 4.78 is 30.5. The molecule has 0 spiro atoms. The summed E-state index contributed by atoms with van der Waals surface area (Å²) in [5, 5.41) is 0. The third-order valence-corrected chi connectivity index (χ3v) is 8.23. The summed E-state index contributed by atoms with van der Waals surface area (Å²) in [6.07, 6.45) is 15.4. The Bertz CT molecular complexity index is 1130. The first-order valence-electron chi connectivity index (χ1n) is 11.9. The Morgan fingerprint density at radius 3 is 2.10 bits per heavy atom. The third-order valence-electron chi connectivity index (χ3n) is 8.23. The number of aromatic nitrogens is 1. The van der Waals surface area contributed by atoms with E-state index in [9.17, 15) is 8.63 Å². The van der Waals surface area contributed by atoms with Gasteiger partial charge >= 0.3 is 7.40 Å². The van der Waals surface area contributed by atoms with Crippen molar-refractivity contribution < 1.29 is 8.63 Å². The lowest BCUT2D eigenvalue weighted by atomic mass is 9.69. The van der Waals surface area contributed by atoms with E-state index >= 15 is 0 Å². The van der Waals surface area contributed by atoms with E-state index in [2.05, 4.69) is 38.2 Å². The van der Waals surface area contributed by atoms with Crippen molar-refractivity contribution in [2.45, 2.75) is 71.1 Å². The van der Waals surface area contributed by atoms with Crippen LogP contribution in [-0.2, 0) is 0 Å². The van der Waals surface area contributed by atoms with E-state index in [1.54, 1.807) is 0 Å². The summed E-state index contributed by atoms with van der Waals surface area (Å²) in [6, 6.07) is 0. The van der Waals surface area contributed by atoms with Crippen molar-refractivity contribution in [3.8, 4) is 0 Å². The normalized spacial score (nSPS) is 31.3. The Hall–Kier alpha value is -2.17. The van der Waals surface area contributed by atoms with Crippen LogP contribution in [0.2, 0.25) is 0 Å². The molecule has 6 aliphatic carbocycles. The van der Waals surface area contributed by atoms with Crippen LogP contribution in [0.3, 0.4) is 0 Å². The highest BCUT2D eigenvalue weighted by Crippen LogP contribution is 2.54. The van der Waals surface area contributed by atoms with Crippen molar-refractivity contribution in [3.63, 3.8) is 0 Å². The second kappa shape index (κ2) is 6.92. The minimum Gasteiger partial charge on any atom is -0.329 e. The first-order valence-corrected chi connectivity index (χ1v) is 11.9. The maximum absolute atomic E-state index is 14.6. The van der Waals surface area contributed by atoms with E-state index in [0.29, 0.717) is 11.8 Å². The molecule has 5 heteroatoms. The minimum atomic E-state index is -2.53. The minimum absolute atomic E-state index is 0.254. The van der Waals surface area contributed by atoms with E-state index < -0.39 is 7.40 Å². The summed E-state index contributed by atoms with van der Waals surface area (Å²) in [5.41, 5.74) is 9.76. The molecule has 0 saturated carbocycles. The second-order valence-electron chi connectivity index (χ2n) is 9.86. The van der Waals surface area contributed by atoms with Gasteiger partial charge in [-0.05, 0) is 68.2 Å². The van der Waals surface area contributed by atoms with Gasteiger partial charge < -0.3 is 4.48 Å². The van der Waals surface area contributed by atoms with Crippen LogP contribution in [-0.4, -0.2) is 17.6 Å². The van der Waals surface area contributed by atoms with Crippen LogP contribution in [0.1, 0.15) is 86.7 Å². The number of allylic oxidation sites excluding steroid dienone is 7. The number of rotatable bonds is 4. The smallest absolute Gasteiger partial charge is 0.329 e. The Labute approximate surface area is 183 Å². The molecule has 2 heterocycles. The van der Waals surface area contributed by atoms with Gasteiger partial charge in [-0.3, -0.25) is 13.6 Å². The number of aliphatic imine (C=N–C) groups is 1. The van der Waals surface area contributed by atoms with Crippen LogP contribution < -0.4 is 0 Å². The zero-order valence-corrected chi connectivity index (χ0v) is 18.6. The molecule has 0 saturated heterocycles. The SMILES string of the molecule is CCC/C(=C1/N=C(C)C2=C1[C@H]1C=C[C@@H]2CC1)c1c2c(c(C)n1B(F)F)[C@@H]1C=C[C@H]2CC1. The molecule has 0 fully saturated rings. The lowest BCUT2D eigenvalue weighted by Gasteiger charge is -2.34. The van der Waals surface area contributed by atoms with Gasteiger partial charge in [-0.25, -0.2) is 0 Å². The molecule has 4 bridgehead atoms. The summed E-state index contributed by atoms with van der Waals surface area (Å²) in [4.78, 5) is 5.10. The van der Waals surface area contributed by atoms with E-state index in [4.69, 9.17) is 4.99 Å². The van der Waals surface area contributed by atoms with Crippen LogP contribution in [0.25, 0.3) is 5.57 Å². The summed E-state index contributed by atoms with van der Waals surface area (Å²) in [6.45, 7) is 6.16. The molecular weight excluding hydrogens is 389 g/mol. The average molecular weight is 418 g/mol. The van der Waals surface area contributed by atoms with Crippen LogP contribution in [0.4, 0.5) is 8.63 Å². The van der Waals surface area contributed by atoms with E-state index in [0.717, 1.165) is 60.5 Å².